The van der Waals surface area contributed by atoms with E-state index in [2.05, 4.69) is 10.0 Å². The minimum absolute atomic E-state index is 0.00572. The van der Waals surface area contributed by atoms with E-state index in [1.165, 1.54) is 42.5 Å². The average molecular weight is 405 g/mol. The minimum atomic E-state index is -3.84. The van der Waals surface area contributed by atoms with Gasteiger partial charge in [0.15, 0.2) is 0 Å². The topological polar surface area (TPSA) is 75.3 Å². The van der Waals surface area contributed by atoms with E-state index in [4.69, 9.17) is 11.6 Å². The number of carbonyl (C=O) groups is 1. The van der Waals surface area contributed by atoms with Crippen LogP contribution in [0.3, 0.4) is 0 Å². The Morgan fingerprint density at radius 2 is 1.63 bits per heavy atom. The summed E-state index contributed by atoms with van der Waals surface area (Å²) in [5.74, 6) is -1.02. The molecule has 0 aliphatic rings. The van der Waals surface area contributed by atoms with Crippen molar-refractivity contribution < 1.29 is 17.6 Å². The molecule has 0 unspecified atom stereocenters. The molecule has 138 valence electrons. The number of hydrogen-bond donors (Lipinski definition) is 2. The predicted octanol–water partition coefficient (Wildman–Crippen LogP) is 4.53. The Hall–Kier alpha value is -2.90. The van der Waals surface area contributed by atoms with Gasteiger partial charge in [-0.2, -0.15) is 0 Å². The number of benzene rings is 3. The molecule has 0 atom stereocenters. The van der Waals surface area contributed by atoms with Crippen molar-refractivity contribution in [3.05, 3.63) is 89.2 Å². The fraction of sp³-hybridized carbons (Fsp3) is 0. The first-order valence-corrected chi connectivity index (χ1v) is 9.65. The lowest BCUT2D eigenvalue weighted by molar-refractivity contribution is 0.102. The highest BCUT2D eigenvalue weighted by molar-refractivity contribution is 7.92. The summed E-state index contributed by atoms with van der Waals surface area (Å²) in [5.41, 5.74) is 0.802. The average Bonchev–Trinajstić information content (AvgIpc) is 2.64. The van der Waals surface area contributed by atoms with Crippen LogP contribution in [0, 0.1) is 5.82 Å². The van der Waals surface area contributed by atoms with Gasteiger partial charge in [-0.05, 0) is 54.6 Å². The van der Waals surface area contributed by atoms with Gasteiger partial charge in [0.1, 0.15) is 5.82 Å². The third kappa shape index (κ3) is 4.64. The van der Waals surface area contributed by atoms with Crippen molar-refractivity contribution in [2.75, 3.05) is 10.0 Å². The zero-order valence-corrected chi connectivity index (χ0v) is 15.4. The SMILES string of the molecule is O=C(Nc1ccc(S(=O)(=O)Nc2ccccc2Cl)cc1)c1cccc(F)c1. The lowest BCUT2D eigenvalue weighted by atomic mass is 10.2. The summed E-state index contributed by atoms with van der Waals surface area (Å²) in [7, 11) is -3.84. The van der Waals surface area contributed by atoms with Crippen LogP contribution in [-0.2, 0) is 10.0 Å². The molecule has 1 amide bonds. The number of sulfonamides is 1. The van der Waals surface area contributed by atoms with Gasteiger partial charge >= 0.3 is 0 Å². The van der Waals surface area contributed by atoms with Gasteiger partial charge in [-0.3, -0.25) is 9.52 Å². The lowest BCUT2D eigenvalue weighted by Gasteiger charge is -2.10. The van der Waals surface area contributed by atoms with E-state index in [0.717, 1.165) is 6.07 Å². The van der Waals surface area contributed by atoms with Crippen molar-refractivity contribution in [1.82, 2.24) is 0 Å². The Balaban J connectivity index is 1.75. The number of halogens is 2. The van der Waals surface area contributed by atoms with Crippen LogP contribution in [0.2, 0.25) is 5.02 Å². The maximum Gasteiger partial charge on any atom is 0.261 e. The van der Waals surface area contributed by atoms with E-state index >= 15 is 0 Å². The summed E-state index contributed by atoms with van der Waals surface area (Å²) in [6.45, 7) is 0. The molecule has 0 heterocycles. The van der Waals surface area contributed by atoms with Gasteiger partial charge in [0.05, 0.1) is 15.6 Å². The molecule has 0 saturated heterocycles. The molecule has 0 aliphatic carbocycles. The van der Waals surface area contributed by atoms with Gasteiger partial charge in [0.25, 0.3) is 15.9 Å². The Kier molecular flexibility index (Phi) is 5.43. The van der Waals surface area contributed by atoms with Gasteiger partial charge in [0.2, 0.25) is 0 Å². The number of nitrogens with one attached hydrogen (secondary N) is 2. The van der Waals surface area contributed by atoms with E-state index in [-0.39, 0.29) is 21.2 Å². The fourth-order valence-electron chi connectivity index (χ4n) is 2.30. The van der Waals surface area contributed by atoms with Crippen LogP contribution in [0.1, 0.15) is 10.4 Å². The predicted molar refractivity (Wildman–Crippen MR) is 103 cm³/mol. The molecule has 0 radical (unpaired) electrons. The van der Waals surface area contributed by atoms with E-state index in [0.29, 0.717) is 5.69 Å². The monoisotopic (exact) mass is 404 g/mol. The summed E-state index contributed by atoms with van der Waals surface area (Å²) in [6, 6.07) is 17.3. The molecule has 0 aliphatic heterocycles. The second kappa shape index (κ2) is 7.77. The minimum Gasteiger partial charge on any atom is -0.322 e. The number of rotatable bonds is 5. The summed E-state index contributed by atoms with van der Waals surface area (Å²) in [4.78, 5) is 12.1. The Labute approximate surface area is 160 Å². The van der Waals surface area contributed by atoms with E-state index in [1.807, 2.05) is 0 Å². The Bertz CT molecular complexity index is 1090. The smallest absolute Gasteiger partial charge is 0.261 e. The molecule has 0 aromatic heterocycles. The van der Waals surface area contributed by atoms with Gasteiger partial charge in [-0.15, -0.1) is 0 Å². The number of para-hydroxylation sites is 1. The zero-order valence-electron chi connectivity index (χ0n) is 13.8. The highest BCUT2D eigenvalue weighted by atomic mass is 35.5. The fourth-order valence-corrected chi connectivity index (χ4v) is 3.62. The van der Waals surface area contributed by atoms with Crippen molar-refractivity contribution >= 4 is 38.9 Å². The quantitative estimate of drug-likeness (QED) is 0.655. The van der Waals surface area contributed by atoms with E-state index < -0.39 is 21.7 Å². The Morgan fingerprint density at radius 1 is 0.926 bits per heavy atom. The zero-order chi connectivity index (χ0) is 19.4. The maximum absolute atomic E-state index is 13.2. The maximum atomic E-state index is 13.2. The molecule has 0 spiro atoms. The molecular weight excluding hydrogens is 391 g/mol. The van der Waals surface area contributed by atoms with E-state index in [9.17, 15) is 17.6 Å². The number of hydrogen-bond acceptors (Lipinski definition) is 3. The van der Waals surface area contributed by atoms with Crippen LogP contribution in [0.4, 0.5) is 15.8 Å². The second-order valence-electron chi connectivity index (χ2n) is 5.57. The van der Waals surface area contributed by atoms with Gasteiger partial charge in [0, 0.05) is 11.3 Å². The molecule has 2 N–H and O–H groups in total. The first-order chi connectivity index (χ1) is 12.8. The second-order valence-corrected chi connectivity index (χ2v) is 7.66. The number of amides is 1. The Morgan fingerprint density at radius 3 is 2.30 bits per heavy atom. The van der Waals surface area contributed by atoms with Crippen LogP contribution in [-0.4, -0.2) is 14.3 Å². The van der Waals surface area contributed by atoms with Crippen molar-refractivity contribution in [3.8, 4) is 0 Å². The van der Waals surface area contributed by atoms with Crippen molar-refractivity contribution in [2.24, 2.45) is 0 Å². The van der Waals surface area contributed by atoms with Crippen LogP contribution in [0.5, 0.6) is 0 Å². The number of carbonyl (C=O) groups excluding carboxylic acids is 1. The van der Waals surface area contributed by atoms with Crippen LogP contribution in [0.25, 0.3) is 0 Å². The summed E-state index contributed by atoms with van der Waals surface area (Å²) >= 11 is 5.97. The summed E-state index contributed by atoms with van der Waals surface area (Å²) in [5, 5.41) is 2.86. The molecule has 3 aromatic carbocycles. The van der Waals surface area contributed by atoms with Gasteiger partial charge in [-0.25, -0.2) is 12.8 Å². The van der Waals surface area contributed by atoms with Crippen LogP contribution in [0.15, 0.2) is 77.7 Å². The van der Waals surface area contributed by atoms with Crippen molar-refractivity contribution in [2.45, 2.75) is 4.90 Å². The normalized spacial score (nSPS) is 11.0. The number of anilines is 2. The standard InChI is InChI=1S/C19H14ClFN2O3S/c20-17-6-1-2-7-18(17)23-27(25,26)16-10-8-15(9-11-16)22-19(24)13-4-3-5-14(21)12-13/h1-12,23H,(H,22,24). The molecule has 3 rings (SSSR count). The molecule has 0 saturated carbocycles. The molecule has 27 heavy (non-hydrogen) atoms. The molecule has 8 heteroatoms. The third-order valence-corrected chi connectivity index (χ3v) is 5.34. The lowest BCUT2D eigenvalue weighted by Crippen LogP contribution is -2.14. The molecule has 0 bridgehead atoms. The molecular formula is C19H14ClFN2O3S. The van der Waals surface area contributed by atoms with Gasteiger partial charge in [-0.1, -0.05) is 29.8 Å². The summed E-state index contributed by atoms with van der Waals surface area (Å²) in [6.07, 6.45) is 0. The van der Waals surface area contributed by atoms with Gasteiger partial charge < -0.3 is 5.32 Å². The van der Waals surface area contributed by atoms with E-state index in [1.54, 1.807) is 24.3 Å². The third-order valence-electron chi connectivity index (χ3n) is 3.63. The van der Waals surface area contributed by atoms with Crippen molar-refractivity contribution in [3.63, 3.8) is 0 Å². The van der Waals surface area contributed by atoms with Crippen LogP contribution >= 0.6 is 11.6 Å². The van der Waals surface area contributed by atoms with Crippen molar-refractivity contribution in [1.29, 1.82) is 0 Å². The first-order valence-electron chi connectivity index (χ1n) is 7.79. The highest BCUT2D eigenvalue weighted by Crippen LogP contribution is 2.24. The first kappa shape index (κ1) is 18.9. The van der Waals surface area contributed by atoms with Crippen LogP contribution < -0.4 is 10.0 Å². The molecule has 5 nitrogen and oxygen atoms in total. The largest absolute Gasteiger partial charge is 0.322 e. The molecule has 3 aromatic rings. The molecule has 0 fully saturated rings. The highest BCUT2D eigenvalue weighted by Gasteiger charge is 2.16. The summed E-state index contributed by atoms with van der Waals surface area (Å²) < 4.78 is 40.5.